The summed E-state index contributed by atoms with van der Waals surface area (Å²) in [6.07, 6.45) is 1.13. The molecular formula is C24H32N4O5S. The van der Waals surface area contributed by atoms with Crippen molar-refractivity contribution in [3.05, 3.63) is 34.8 Å². The van der Waals surface area contributed by atoms with Gasteiger partial charge in [-0.3, -0.25) is 14.4 Å². The van der Waals surface area contributed by atoms with E-state index in [9.17, 15) is 14.4 Å². The summed E-state index contributed by atoms with van der Waals surface area (Å²) in [5.74, 6) is 0.102. The van der Waals surface area contributed by atoms with Crippen LogP contribution in [0.2, 0.25) is 0 Å². The van der Waals surface area contributed by atoms with Gasteiger partial charge in [-0.25, -0.2) is 4.98 Å². The lowest BCUT2D eigenvalue weighted by Crippen LogP contribution is -2.53. The van der Waals surface area contributed by atoms with Gasteiger partial charge in [-0.15, -0.1) is 11.3 Å². The number of nitrogens with zero attached hydrogens (tertiary/aromatic N) is 2. The van der Waals surface area contributed by atoms with E-state index in [0.717, 1.165) is 5.69 Å². The van der Waals surface area contributed by atoms with Crippen LogP contribution in [0, 0.1) is 18.8 Å². The third-order valence-corrected chi connectivity index (χ3v) is 6.74. The van der Waals surface area contributed by atoms with Gasteiger partial charge in [-0.05, 0) is 37.8 Å². The minimum atomic E-state index is -0.687. The number of ether oxygens (including phenoxy) is 2. The Morgan fingerprint density at radius 2 is 1.71 bits per heavy atom. The normalized spacial score (nSPS) is 15.1. The number of rotatable bonds is 8. The van der Waals surface area contributed by atoms with Gasteiger partial charge in [0.15, 0.2) is 5.13 Å². The summed E-state index contributed by atoms with van der Waals surface area (Å²) < 4.78 is 10.5. The Bertz CT molecular complexity index is 1010. The molecule has 0 bridgehead atoms. The Labute approximate surface area is 203 Å². The van der Waals surface area contributed by atoms with E-state index < -0.39 is 6.04 Å². The average molecular weight is 489 g/mol. The number of aryl methyl sites for hydroxylation is 1. The predicted octanol–water partition coefficient (Wildman–Crippen LogP) is 3.10. The van der Waals surface area contributed by atoms with Crippen LogP contribution >= 0.6 is 11.3 Å². The first-order valence-corrected chi connectivity index (χ1v) is 12.2. The second-order valence-electron chi connectivity index (χ2n) is 8.68. The maximum atomic E-state index is 13.3. The van der Waals surface area contributed by atoms with Gasteiger partial charge in [0, 0.05) is 36.0 Å². The molecule has 1 aromatic carbocycles. The SMILES string of the molecule is COc1cc(OC)cc(C(=O)NC(C(=O)N2CCC(C(=O)Nc3nc(C)cs3)CC2)C(C)C)c1. The van der Waals surface area contributed by atoms with E-state index in [4.69, 9.17) is 9.47 Å². The van der Waals surface area contributed by atoms with Crippen molar-refractivity contribution in [3.63, 3.8) is 0 Å². The van der Waals surface area contributed by atoms with Crippen LogP contribution in [0.5, 0.6) is 11.5 Å². The molecule has 1 saturated heterocycles. The third-order valence-electron chi connectivity index (χ3n) is 5.86. The summed E-state index contributed by atoms with van der Waals surface area (Å²) >= 11 is 1.40. The summed E-state index contributed by atoms with van der Waals surface area (Å²) in [6.45, 7) is 6.58. The van der Waals surface area contributed by atoms with Crippen LogP contribution in [0.3, 0.4) is 0 Å². The predicted molar refractivity (Wildman–Crippen MR) is 130 cm³/mol. The summed E-state index contributed by atoms with van der Waals surface area (Å²) in [5, 5.41) is 8.22. The number of carbonyl (C=O) groups is 3. The fourth-order valence-electron chi connectivity index (χ4n) is 3.85. The van der Waals surface area contributed by atoms with Crippen molar-refractivity contribution in [2.24, 2.45) is 11.8 Å². The first-order valence-electron chi connectivity index (χ1n) is 11.3. The quantitative estimate of drug-likeness (QED) is 0.591. The van der Waals surface area contributed by atoms with Crippen molar-refractivity contribution in [2.45, 2.75) is 39.7 Å². The van der Waals surface area contributed by atoms with Crippen molar-refractivity contribution in [1.82, 2.24) is 15.2 Å². The van der Waals surface area contributed by atoms with Gasteiger partial charge in [-0.1, -0.05) is 13.8 Å². The molecule has 2 N–H and O–H groups in total. The number of hydrogen-bond acceptors (Lipinski definition) is 7. The molecule has 184 valence electrons. The lowest BCUT2D eigenvalue weighted by molar-refractivity contribution is -0.137. The highest BCUT2D eigenvalue weighted by Crippen LogP contribution is 2.24. The topological polar surface area (TPSA) is 110 Å². The number of likely N-dealkylation sites (tertiary alicyclic amines) is 1. The van der Waals surface area contributed by atoms with Gasteiger partial charge in [0.2, 0.25) is 11.8 Å². The van der Waals surface area contributed by atoms with E-state index in [-0.39, 0.29) is 29.6 Å². The van der Waals surface area contributed by atoms with Gasteiger partial charge < -0.3 is 25.0 Å². The summed E-state index contributed by atoms with van der Waals surface area (Å²) in [7, 11) is 3.03. The van der Waals surface area contributed by atoms with E-state index >= 15 is 0 Å². The zero-order valence-corrected chi connectivity index (χ0v) is 21.0. The van der Waals surface area contributed by atoms with E-state index in [1.165, 1.54) is 25.6 Å². The van der Waals surface area contributed by atoms with Gasteiger partial charge in [0.05, 0.1) is 19.9 Å². The Morgan fingerprint density at radius 1 is 1.09 bits per heavy atom. The first kappa shape index (κ1) is 25.5. The smallest absolute Gasteiger partial charge is 0.252 e. The van der Waals surface area contributed by atoms with Crippen LogP contribution in [-0.2, 0) is 9.59 Å². The molecule has 2 heterocycles. The first-order chi connectivity index (χ1) is 16.2. The Kier molecular flexibility index (Phi) is 8.49. The molecule has 1 unspecified atom stereocenters. The lowest BCUT2D eigenvalue weighted by Gasteiger charge is -2.35. The highest BCUT2D eigenvalue weighted by atomic mass is 32.1. The largest absolute Gasteiger partial charge is 0.497 e. The molecule has 0 saturated carbocycles. The Balaban J connectivity index is 1.61. The van der Waals surface area contributed by atoms with E-state index in [2.05, 4.69) is 15.6 Å². The maximum absolute atomic E-state index is 13.3. The molecule has 3 rings (SSSR count). The highest BCUT2D eigenvalue weighted by molar-refractivity contribution is 7.13. The van der Waals surface area contributed by atoms with Crippen LogP contribution in [0.15, 0.2) is 23.6 Å². The van der Waals surface area contributed by atoms with Gasteiger partial charge in [0.1, 0.15) is 17.5 Å². The van der Waals surface area contributed by atoms with Crippen LogP contribution in [0.25, 0.3) is 0 Å². The minimum absolute atomic E-state index is 0.0675. The van der Waals surface area contributed by atoms with Crippen molar-refractivity contribution in [2.75, 3.05) is 32.6 Å². The molecular weight excluding hydrogens is 456 g/mol. The number of benzene rings is 1. The fraction of sp³-hybridized carbons (Fsp3) is 0.500. The number of nitrogens with one attached hydrogen (secondary N) is 2. The number of anilines is 1. The average Bonchev–Trinajstić information content (AvgIpc) is 3.25. The molecule has 34 heavy (non-hydrogen) atoms. The number of methoxy groups -OCH3 is 2. The van der Waals surface area contributed by atoms with Crippen LogP contribution in [-0.4, -0.2) is 61.0 Å². The molecule has 2 aromatic rings. The summed E-state index contributed by atoms with van der Waals surface area (Å²) in [6, 6.07) is 4.20. The zero-order valence-electron chi connectivity index (χ0n) is 20.2. The standard InChI is InChI=1S/C24H32N4O5S/c1-14(2)20(26-22(30)17-10-18(32-4)12-19(11-17)33-5)23(31)28-8-6-16(7-9-28)21(29)27-24-25-15(3)13-34-24/h10-14,16,20H,6-9H2,1-5H3,(H,26,30)(H,25,27,29). The number of piperidine rings is 1. The molecule has 1 aliphatic heterocycles. The Morgan fingerprint density at radius 3 is 2.21 bits per heavy atom. The second kappa shape index (κ2) is 11.3. The molecule has 1 aliphatic rings. The van der Waals surface area contributed by atoms with Crippen molar-refractivity contribution in [1.29, 1.82) is 0 Å². The lowest BCUT2D eigenvalue weighted by atomic mass is 9.94. The highest BCUT2D eigenvalue weighted by Gasteiger charge is 2.33. The molecule has 9 nitrogen and oxygen atoms in total. The number of aromatic nitrogens is 1. The van der Waals surface area contributed by atoms with Gasteiger partial charge in [-0.2, -0.15) is 0 Å². The minimum Gasteiger partial charge on any atom is -0.497 e. The zero-order chi connectivity index (χ0) is 24.8. The maximum Gasteiger partial charge on any atom is 0.252 e. The van der Waals surface area contributed by atoms with E-state index in [0.29, 0.717) is 48.1 Å². The van der Waals surface area contributed by atoms with Crippen LogP contribution in [0.1, 0.15) is 42.7 Å². The molecule has 0 aliphatic carbocycles. The van der Waals surface area contributed by atoms with E-state index in [1.807, 2.05) is 26.2 Å². The molecule has 1 fully saturated rings. The number of thiazole rings is 1. The van der Waals surface area contributed by atoms with Crippen molar-refractivity contribution in [3.8, 4) is 11.5 Å². The number of amides is 3. The molecule has 1 atom stereocenters. The molecule has 0 radical (unpaired) electrons. The van der Waals surface area contributed by atoms with Crippen LogP contribution in [0.4, 0.5) is 5.13 Å². The third kappa shape index (κ3) is 6.25. The second-order valence-corrected chi connectivity index (χ2v) is 9.54. The molecule has 1 aromatic heterocycles. The van der Waals surface area contributed by atoms with Crippen LogP contribution < -0.4 is 20.1 Å². The Hall–Kier alpha value is -3.14. The van der Waals surface area contributed by atoms with Gasteiger partial charge >= 0.3 is 0 Å². The van der Waals surface area contributed by atoms with Crippen molar-refractivity contribution < 1.29 is 23.9 Å². The van der Waals surface area contributed by atoms with Gasteiger partial charge in [0.25, 0.3) is 5.91 Å². The fourth-order valence-corrected chi connectivity index (χ4v) is 4.55. The number of carbonyl (C=O) groups excluding carboxylic acids is 3. The van der Waals surface area contributed by atoms with E-state index in [1.54, 1.807) is 23.1 Å². The monoisotopic (exact) mass is 488 g/mol. The summed E-state index contributed by atoms with van der Waals surface area (Å²) in [5.41, 5.74) is 1.22. The number of hydrogen-bond donors (Lipinski definition) is 2. The molecule has 10 heteroatoms. The van der Waals surface area contributed by atoms with Crippen molar-refractivity contribution >= 4 is 34.2 Å². The molecule has 3 amide bonds. The summed E-state index contributed by atoms with van der Waals surface area (Å²) in [4.78, 5) is 44.8. The molecule has 0 spiro atoms.